The lowest BCUT2D eigenvalue weighted by molar-refractivity contribution is -0.138. The molecule has 1 heterocycles. The van der Waals surface area contributed by atoms with Gasteiger partial charge in [-0.15, -0.1) is 0 Å². The Morgan fingerprint density at radius 3 is 3.00 bits per heavy atom. The lowest BCUT2D eigenvalue weighted by Gasteiger charge is -2.19. The van der Waals surface area contributed by atoms with Gasteiger partial charge in [0.2, 0.25) is 5.91 Å². The smallest absolute Gasteiger partial charge is 0.307 e. The monoisotopic (exact) mass is 249 g/mol. The van der Waals surface area contributed by atoms with Crippen molar-refractivity contribution in [3.63, 3.8) is 0 Å². The molecule has 1 aliphatic rings. The summed E-state index contributed by atoms with van der Waals surface area (Å²) in [5.74, 6) is -0.221. The van der Waals surface area contributed by atoms with Crippen molar-refractivity contribution in [3.8, 4) is 5.75 Å². The maximum Gasteiger partial charge on any atom is 0.307 e. The van der Waals surface area contributed by atoms with E-state index in [4.69, 9.17) is 9.84 Å². The fourth-order valence-electron chi connectivity index (χ4n) is 1.95. The third-order valence-corrected chi connectivity index (χ3v) is 2.77. The molecule has 18 heavy (non-hydrogen) atoms. The van der Waals surface area contributed by atoms with Gasteiger partial charge in [0.05, 0.1) is 6.42 Å². The van der Waals surface area contributed by atoms with Crippen LogP contribution in [-0.2, 0) is 16.0 Å². The van der Waals surface area contributed by atoms with Crippen LogP contribution in [0, 0.1) is 0 Å². The number of rotatable bonds is 4. The number of anilines is 1. The van der Waals surface area contributed by atoms with Gasteiger partial charge < -0.3 is 15.2 Å². The van der Waals surface area contributed by atoms with Crippen molar-refractivity contribution in [3.05, 3.63) is 23.8 Å². The molecule has 1 amide bonds. The minimum absolute atomic E-state index is 0.0235. The highest BCUT2D eigenvalue weighted by atomic mass is 16.5. The number of hydrogen-bond donors (Lipinski definition) is 2. The van der Waals surface area contributed by atoms with Crippen LogP contribution >= 0.6 is 0 Å². The molecule has 0 saturated carbocycles. The van der Waals surface area contributed by atoms with Gasteiger partial charge in [0.25, 0.3) is 0 Å². The zero-order valence-corrected chi connectivity index (χ0v) is 10.1. The number of hydrogen-bond acceptors (Lipinski definition) is 3. The fourth-order valence-corrected chi connectivity index (χ4v) is 1.95. The molecule has 5 heteroatoms. The third kappa shape index (κ3) is 3.00. The predicted octanol–water partition coefficient (Wildman–Crippen LogP) is 1.81. The molecule has 1 atom stereocenters. The van der Waals surface area contributed by atoms with Crippen molar-refractivity contribution in [2.45, 2.75) is 32.3 Å². The molecule has 96 valence electrons. The van der Waals surface area contributed by atoms with Crippen molar-refractivity contribution in [2.24, 2.45) is 0 Å². The van der Waals surface area contributed by atoms with Crippen LogP contribution in [0.4, 0.5) is 5.69 Å². The van der Waals surface area contributed by atoms with Gasteiger partial charge in [-0.25, -0.2) is 0 Å². The Morgan fingerprint density at radius 2 is 2.28 bits per heavy atom. The maximum absolute atomic E-state index is 11.2. The van der Waals surface area contributed by atoms with E-state index in [0.717, 1.165) is 11.3 Å². The van der Waals surface area contributed by atoms with Crippen LogP contribution in [0.15, 0.2) is 18.2 Å². The lowest BCUT2D eigenvalue weighted by atomic mass is 10.0. The number of nitrogens with one attached hydrogen (secondary N) is 1. The Morgan fingerprint density at radius 1 is 1.50 bits per heavy atom. The minimum atomic E-state index is -0.882. The second-order valence-electron chi connectivity index (χ2n) is 4.39. The Hall–Kier alpha value is -2.04. The largest absolute Gasteiger partial charge is 0.490 e. The molecule has 0 fully saturated rings. The number of benzene rings is 1. The summed E-state index contributed by atoms with van der Waals surface area (Å²) in [5.41, 5.74) is 1.83. The molecule has 1 aromatic carbocycles. The summed E-state index contributed by atoms with van der Waals surface area (Å²) in [6, 6.07) is 5.38. The van der Waals surface area contributed by atoms with E-state index in [1.54, 1.807) is 19.1 Å². The third-order valence-electron chi connectivity index (χ3n) is 2.77. The molecule has 0 spiro atoms. The zero-order chi connectivity index (χ0) is 13.1. The van der Waals surface area contributed by atoms with Gasteiger partial charge in [-0.05, 0) is 37.1 Å². The molecule has 1 aliphatic heterocycles. The normalized spacial score (nSPS) is 15.5. The van der Waals surface area contributed by atoms with Crippen molar-refractivity contribution in [1.29, 1.82) is 0 Å². The van der Waals surface area contributed by atoms with Crippen LogP contribution in [0.1, 0.15) is 25.3 Å². The van der Waals surface area contributed by atoms with E-state index in [0.29, 0.717) is 18.6 Å². The summed E-state index contributed by atoms with van der Waals surface area (Å²) in [6.07, 6.45) is 0.749. The average Bonchev–Trinajstić information content (AvgIpc) is 2.28. The summed E-state index contributed by atoms with van der Waals surface area (Å²) in [7, 11) is 0. The Balaban J connectivity index is 2.07. The van der Waals surface area contributed by atoms with Gasteiger partial charge in [-0.3, -0.25) is 9.59 Å². The predicted molar refractivity (Wildman–Crippen MR) is 65.7 cm³/mol. The van der Waals surface area contributed by atoms with Crippen LogP contribution in [0.3, 0.4) is 0 Å². The van der Waals surface area contributed by atoms with E-state index in [1.807, 2.05) is 6.07 Å². The molecule has 0 saturated heterocycles. The Bertz CT molecular complexity index is 484. The number of carbonyl (C=O) groups excluding carboxylic acids is 1. The molecule has 0 aromatic heterocycles. The lowest BCUT2D eigenvalue weighted by Crippen LogP contribution is -2.20. The zero-order valence-electron chi connectivity index (χ0n) is 10.1. The molecule has 0 radical (unpaired) electrons. The van der Waals surface area contributed by atoms with Gasteiger partial charge in [-0.2, -0.15) is 0 Å². The fraction of sp³-hybridized carbons (Fsp3) is 0.385. The Labute approximate surface area is 105 Å². The van der Waals surface area contributed by atoms with Crippen LogP contribution in [0.2, 0.25) is 0 Å². The molecule has 5 nitrogen and oxygen atoms in total. The van der Waals surface area contributed by atoms with Crippen LogP contribution in [0.5, 0.6) is 5.75 Å². The van der Waals surface area contributed by atoms with E-state index in [-0.39, 0.29) is 18.4 Å². The number of fused-ring (bicyclic) bond motifs is 1. The first-order valence-corrected chi connectivity index (χ1v) is 5.86. The molecule has 0 aliphatic carbocycles. The molecule has 1 unspecified atom stereocenters. The first-order valence-electron chi connectivity index (χ1n) is 5.86. The molecule has 1 aromatic rings. The highest BCUT2D eigenvalue weighted by Gasteiger charge is 2.16. The number of carbonyl (C=O) groups is 2. The number of carboxylic acid groups (broad SMARTS) is 1. The molecule has 2 rings (SSSR count). The van der Waals surface area contributed by atoms with E-state index in [9.17, 15) is 9.59 Å². The SMILES string of the molecule is CC(CC(=O)O)Oc1ccc2c(c1)CCC(=O)N2. The topological polar surface area (TPSA) is 75.6 Å². The standard InChI is InChI=1S/C13H15NO4/c1-8(6-13(16)17)18-10-3-4-11-9(7-10)2-5-12(15)14-11/h3-4,7-8H,2,5-6H2,1H3,(H,14,15)(H,16,17). The Kier molecular flexibility index (Phi) is 3.50. The second kappa shape index (κ2) is 5.08. The van der Waals surface area contributed by atoms with Gasteiger partial charge >= 0.3 is 5.97 Å². The number of aryl methyl sites for hydroxylation is 1. The van der Waals surface area contributed by atoms with Crippen molar-refractivity contribution < 1.29 is 19.4 Å². The minimum Gasteiger partial charge on any atom is -0.490 e. The second-order valence-corrected chi connectivity index (χ2v) is 4.39. The van der Waals surface area contributed by atoms with Crippen LogP contribution < -0.4 is 10.1 Å². The van der Waals surface area contributed by atoms with Crippen molar-refractivity contribution in [1.82, 2.24) is 0 Å². The van der Waals surface area contributed by atoms with Gasteiger partial charge in [0.15, 0.2) is 0 Å². The summed E-state index contributed by atoms with van der Waals surface area (Å²) in [5, 5.41) is 11.4. The first kappa shape index (κ1) is 12.4. The van der Waals surface area contributed by atoms with Gasteiger partial charge in [0, 0.05) is 12.1 Å². The van der Waals surface area contributed by atoms with Crippen LogP contribution in [0.25, 0.3) is 0 Å². The highest BCUT2D eigenvalue weighted by molar-refractivity contribution is 5.93. The van der Waals surface area contributed by atoms with Crippen LogP contribution in [-0.4, -0.2) is 23.1 Å². The molecule has 0 bridgehead atoms. The number of amides is 1. The quantitative estimate of drug-likeness (QED) is 0.853. The number of aliphatic carboxylic acids is 1. The van der Waals surface area contributed by atoms with Crippen molar-refractivity contribution in [2.75, 3.05) is 5.32 Å². The summed E-state index contributed by atoms with van der Waals surface area (Å²) >= 11 is 0. The molecular formula is C13H15NO4. The number of ether oxygens (including phenoxy) is 1. The molecule has 2 N–H and O–H groups in total. The van der Waals surface area contributed by atoms with E-state index in [1.165, 1.54) is 0 Å². The van der Waals surface area contributed by atoms with E-state index in [2.05, 4.69) is 5.32 Å². The highest BCUT2D eigenvalue weighted by Crippen LogP contribution is 2.27. The maximum atomic E-state index is 11.2. The summed E-state index contributed by atoms with van der Waals surface area (Å²) in [6.45, 7) is 1.72. The summed E-state index contributed by atoms with van der Waals surface area (Å²) < 4.78 is 5.52. The summed E-state index contributed by atoms with van der Waals surface area (Å²) in [4.78, 5) is 21.7. The van der Waals surface area contributed by atoms with Gasteiger partial charge in [0.1, 0.15) is 11.9 Å². The van der Waals surface area contributed by atoms with Gasteiger partial charge in [-0.1, -0.05) is 0 Å². The first-order chi connectivity index (χ1) is 8.54. The average molecular weight is 249 g/mol. The number of carboxylic acids is 1. The van der Waals surface area contributed by atoms with E-state index < -0.39 is 5.97 Å². The van der Waals surface area contributed by atoms with Crippen molar-refractivity contribution >= 4 is 17.6 Å². The molecular weight excluding hydrogens is 234 g/mol. The van der Waals surface area contributed by atoms with E-state index >= 15 is 0 Å².